The normalized spacial score (nSPS) is 12.8. The maximum Gasteiger partial charge on any atom is 0.432 e. The molecule has 1 aromatic carbocycles. The molecular weight excluding hydrogens is 439 g/mol. The summed E-state index contributed by atoms with van der Waals surface area (Å²) in [5.74, 6) is -1.16. The number of sulfone groups is 1. The summed E-state index contributed by atoms with van der Waals surface area (Å²) < 4.78 is 71.7. The highest BCUT2D eigenvalue weighted by molar-refractivity contribution is 7.90. The number of benzene rings is 1. The number of carbonyl (C=O) groups excluding carboxylic acids is 1. The fraction of sp³-hybridized carbons (Fsp3) is 0.316. The van der Waals surface area contributed by atoms with Gasteiger partial charge in [-0.05, 0) is 25.1 Å². The molecule has 0 heterocycles. The molecule has 0 radical (unpaired) electrons. The monoisotopic (exact) mass is 461 g/mol. The molecule has 12 heteroatoms. The predicted molar refractivity (Wildman–Crippen MR) is 110 cm³/mol. The molecule has 1 aromatic rings. The van der Waals surface area contributed by atoms with E-state index in [1.807, 2.05) is 0 Å². The Balaban J connectivity index is 3.34. The zero-order valence-corrected chi connectivity index (χ0v) is 17.9. The van der Waals surface area contributed by atoms with Crippen molar-refractivity contribution in [3.05, 3.63) is 48.2 Å². The van der Waals surface area contributed by atoms with Crippen LogP contribution in [0.25, 0.3) is 5.70 Å². The van der Waals surface area contributed by atoms with Gasteiger partial charge in [-0.1, -0.05) is 18.7 Å². The molecule has 8 nitrogen and oxygen atoms in total. The molecule has 0 bridgehead atoms. The molecule has 170 valence electrons. The number of nitrogens with zero attached hydrogens (tertiary/aromatic N) is 1. The van der Waals surface area contributed by atoms with Crippen molar-refractivity contribution in [1.82, 2.24) is 5.32 Å². The highest BCUT2D eigenvalue weighted by Crippen LogP contribution is 2.21. The lowest BCUT2D eigenvalue weighted by molar-refractivity contribution is -0.141. The van der Waals surface area contributed by atoms with Gasteiger partial charge in [0.15, 0.2) is 9.84 Å². The number of allylic oxidation sites excluding steroid dienone is 1. The highest BCUT2D eigenvalue weighted by Gasteiger charge is 2.33. The molecule has 0 aromatic heterocycles. The summed E-state index contributed by atoms with van der Waals surface area (Å²) in [6.45, 7) is 4.80. The van der Waals surface area contributed by atoms with E-state index in [4.69, 9.17) is 14.9 Å². The number of hydrogen-bond acceptors (Lipinski definition) is 8. The number of ether oxygens (including phenoxy) is 2. The number of hydrogen-bond donors (Lipinski definition) is 2. The minimum atomic E-state index is -4.95. The van der Waals surface area contributed by atoms with E-state index in [0.717, 1.165) is 13.4 Å². The molecule has 0 aliphatic carbocycles. The molecule has 1 rings (SSSR count). The van der Waals surface area contributed by atoms with E-state index in [0.29, 0.717) is 6.08 Å². The van der Waals surface area contributed by atoms with Gasteiger partial charge in [-0.2, -0.15) is 13.2 Å². The number of aliphatic imine (C=N–C) groups is 1. The lowest BCUT2D eigenvalue weighted by Gasteiger charge is -2.14. The van der Waals surface area contributed by atoms with Crippen molar-refractivity contribution in [3.8, 4) is 0 Å². The number of esters is 1. The Hall–Kier alpha value is -3.15. The summed E-state index contributed by atoms with van der Waals surface area (Å²) in [7, 11) is -2.39. The second-order valence-electron chi connectivity index (χ2n) is 6.00. The molecule has 0 aliphatic heterocycles. The zero-order chi connectivity index (χ0) is 23.8. The van der Waals surface area contributed by atoms with Crippen LogP contribution in [0.1, 0.15) is 12.5 Å². The number of halogens is 3. The standard InChI is InChI=1S/C19H22F3N3O5S/c1-5-30-17(26)11-24-15(10-16(23)19(20,21)22)18(29-3)25-12(2)13-7-6-8-14(9-13)31(4,27)28/h6-10,23-24H,2,5,11H2,1,3-4H3/b15-10-,23-16?,25-18-. The Morgan fingerprint density at radius 1 is 1.35 bits per heavy atom. The summed E-state index contributed by atoms with van der Waals surface area (Å²) in [5, 5.41) is 9.60. The second kappa shape index (κ2) is 10.8. The molecule has 31 heavy (non-hydrogen) atoms. The lowest BCUT2D eigenvalue weighted by atomic mass is 10.2. The zero-order valence-electron chi connectivity index (χ0n) is 17.0. The average Bonchev–Trinajstić information content (AvgIpc) is 2.68. The van der Waals surface area contributed by atoms with Crippen LogP contribution in [0, 0.1) is 5.41 Å². The highest BCUT2D eigenvalue weighted by atomic mass is 32.2. The topological polar surface area (TPSA) is 118 Å². The maximum atomic E-state index is 12.8. The van der Waals surface area contributed by atoms with Crippen molar-refractivity contribution in [1.29, 1.82) is 5.41 Å². The van der Waals surface area contributed by atoms with Gasteiger partial charge < -0.3 is 14.8 Å². The molecule has 0 saturated heterocycles. The van der Waals surface area contributed by atoms with E-state index >= 15 is 0 Å². The Morgan fingerprint density at radius 2 is 2.00 bits per heavy atom. The summed E-state index contributed by atoms with van der Waals surface area (Å²) in [6, 6.07) is 5.61. The fourth-order valence-electron chi connectivity index (χ4n) is 2.10. The van der Waals surface area contributed by atoms with Crippen LogP contribution in [-0.2, 0) is 24.1 Å². The first-order valence-electron chi connectivity index (χ1n) is 8.69. The molecule has 0 fully saturated rings. The summed E-state index contributed by atoms with van der Waals surface area (Å²) in [6.07, 6.45) is -3.53. The molecule has 0 spiro atoms. The van der Waals surface area contributed by atoms with Gasteiger partial charge in [0.25, 0.3) is 0 Å². The van der Waals surface area contributed by atoms with Crippen molar-refractivity contribution >= 4 is 33.1 Å². The summed E-state index contributed by atoms with van der Waals surface area (Å²) >= 11 is 0. The minimum Gasteiger partial charge on any atom is -0.480 e. The first-order valence-corrected chi connectivity index (χ1v) is 10.6. The van der Waals surface area contributed by atoms with Gasteiger partial charge in [0.2, 0.25) is 5.90 Å². The van der Waals surface area contributed by atoms with Gasteiger partial charge in [-0.3, -0.25) is 10.2 Å². The third kappa shape index (κ3) is 8.24. The van der Waals surface area contributed by atoms with Crippen LogP contribution in [0.4, 0.5) is 13.2 Å². The third-order valence-corrected chi connectivity index (χ3v) is 4.69. The van der Waals surface area contributed by atoms with Crippen LogP contribution in [0.15, 0.2) is 52.5 Å². The molecule has 0 aliphatic rings. The number of rotatable bonds is 9. The van der Waals surface area contributed by atoms with Gasteiger partial charge in [-0.15, -0.1) is 0 Å². The smallest absolute Gasteiger partial charge is 0.432 e. The van der Waals surface area contributed by atoms with E-state index in [1.54, 1.807) is 6.92 Å². The van der Waals surface area contributed by atoms with Crippen LogP contribution >= 0.6 is 0 Å². The van der Waals surface area contributed by atoms with E-state index < -0.39 is 45.8 Å². The number of methoxy groups -OCH3 is 1. The van der Waals surface area contributed by atoms with Crippen molar-refractivity contribution < 1.29 is 35.9 Å². The maximum absolute atomic E-state index is 12.8. The van der Waals surface area contributed by atoms with Crippen molar-refractivity contribution in [2.75, 3.05) is 26.5 Å². The minimum absolute atomic E-state index is 0.00429. The lowest BCUT2D eigenvalue weighted by Crippen LogP contribution is -2.31. The van der Waals surface area contributed by atoms with Gasteiger partial charge in [0.05, 0.1) is 30.0 Å². The van der Waals surface area contributed by atoms with Crippen LogP contribution in [-0.4, -0.2) is 58.7 Å². The molecule has 0 saturated carbocycles. The Bertz CT molecular complexity index is 1010. The summed E-state index contributed by atoms with van der Waals surface area (Å²) in [4.78, 5) is 15.6. The largest absolute Gasteiger partial charge is 0.480 e. The fourth-order valence-corrected chi connectivity index (χ4v) is 2.77. The SMILES string of the molecule is C=C(/N=C(OC)/C(=C/C(=N)C(F)(F)F)NCC(=O)OCC)c1cccc(S(C)(=O)=O)c1. The number of carbonyl (C=O) groups is 1. The molecule has 0 amide bonds. The van der Waals surface area contributed by atoms with Gasteiger partial charge in [0.1, 0.15) is 12.3 Å². The number of nitrogens with one attached hydrogen (secondary N) is 2. The van der Waals surface area contributed by atoms with Crippen molar-refractivity contribution in [2.24, 2.45) is 4.99 Å². The van der Waals surface area contributed by atoms with Gasteiger partial charge in [-0.25, -0.2) is 13.4 Å². The molecular formula is C19H22F3N3O5S. The Morgan fingerprint density at radius 3 is 2.52 bits per heavy atom. The van der Waals surface area contributed by atoms with E-state index in [9.17, 15) is 26.4 Å². The van der Waals surface area contributed by atoms with E-state index in [2.05, 4.69) is 16.9 Å². The van der Waals surface area contributed by atoms with E-state index in [-0.39, 0.29) is 22.8 Å². The molecule has 0 atom stereocenters. The van der Waals surface area contributed by atoms with Crippen LogP contribution < -0.4 is 5.32 Å². The van der Waals surface area contributed by atoms with Crippen molar-refractivity contribution in [2.45, 2.75) is 18.0 Å². The molecule has 0 unspecified atom stereocenters. The predicted octanol–water partition coefficient (Wildman–Crippen LogP) is 2.72. The third-order valence-electron chi connectivity index (χ3n) is 3.58. The van der Waals surface area contributed by atoms with Crippen LogP contribution in [0.3, 0.4) is 0 Å². The Labute approximate surface area is 177 Å². The first-order chi connectivity index (χ1) is 14.3. The van der Waals surface area contributed by atoms with Gasteiger partial charge in [0, 0.05) is 11.8 Å². The second-order valence-corrected chi connectivity index (χ2v) is 8.01. The number of alkyl halides is 3. The van der Waals surface area contributed by atoms with Crippen LogP contribution in [0.5, 0.6) is 0 Å². The van der Waals surface area contributed by atoms with Crippen LogP contribution in [0.2, 0.25) is 0 Å². The van der Waals surface area contributed by atoms with Gasteiger partial charge >= 0.3 is 12.1 Å². The Kier molecular flexibility index (Phi) is 8.98. The average molecular weight is 461 g/mol. The quantitative estimate of drug-likeness (QED) is 0.332. The summed E-state index contributed by atoms with van der Waals surface area (Å²) in [5.41, 5.74) is -1.88. The molecule has 2 N–H and O–H groups in total. The first kappa shape index (κ1) is 25.9. The van der Waals surface area contributed by atoms with Crippen molar-refractivity contribution in [3.63, 3.8) is 0 Å². The van der Waals surface area contributed by atoms with E-state index in [1.165, 1.54) is 24.3 Å².